The predicted octanol–water partition coefficient (Wildman–Crippen LogP) is 2.67. The van der Waals surface area contributed by atoms with Gasteiger partial charge in [-0.05, 0) is 30.2 Å². The number of H-pyrrole nitrogens is 1. The topological polar surface area (TPSA) is 37.9 Å². The Bertz CT molecular complexity index is 443. The Labute approximate surface area is 94.8 Å². The van der Waals surface area contributed by atoms with Crippen LogP contribution >= 0.6 is 0 Å². The number of rotatable bonds is 4. The number of methoxy groups -OCH3 is 1. The first kappa shape index (κ1) is 10.5. The molecule has 0 bridgehead atoms. The van der Waals surface area contributed by atoms with E-state index in [0.717, 1.165) is 17.9 Å². The molecule has 1 heterocycles. The highest BCUT2D eigenvalue weighted by molar-refractivity contribution is 5.43. The van der Waals surface area contributed by atoms with Crippen molar-refractivity contribution in [1.29, 1.82) is 0 Å². The maximum Gasteiger partial charge on any atom is 0.118 e. The zero-order valence-electron chi connectivity index (χ0n) is 9.18. The van der Waals surface area contributed by atoms with Crippen molar-refractivity contribution in [1.82, 2.24) is 9.97 Å². The van der Waals surface area contributed by atoms with Crippen LogP contribution in [0.5, 0.6) is 5.75 Å². The first-order valence-corrected chi connectivity index (χ1v) is 5.16. The van der Waals surface area contributed by atoms with Gasteiger partial charge in [0.1, 0.15) is 5.75 Å². The molecule has 0 radical (unpaired) electrons. The standard InChI is InChI=1S/C13H14N2O/c1-16-13-7-5-11(6-8-13)3-2-4-12-9-14-10-15-12/h2,4-10H,3H2,1H3,(H,14,15)/b4-2+. The van der Waals surface area contributed by atoms with E-state index in [1.807, 2.05) is 18.2 Å². The van der Waals surface area contributed by atoms with E-state index in [-0.39, 0.29) is 0 Å². The molecule has 0 aliphatic carbocycles. The first-order valence-electron chi connectivity index (χ1n) is 5.16. The summed E-state index contributed by atoms with van der Waals surface area (Å²) in [7, 11) is 1.67. The Morgan fingerprint density at radius 3 is 2.75 bits per heavy atom. The SMILES string of the molecule is COc1ccc(C/C=C/c2cnc[nH]2)cc1. The van der Waals surface area contributed by atoms with Crippen molar-refractivity contribution >= 4 is 6.08 Å². The molecule has 0 aliphatic rings. The smallest absolute Gasteiger partial charge is 0.118 e. The van der Waals surface area contributed by atoms with Crippen LogP contribution in [0.1, 0.15) is 11.3 Å². The molecule has 2 aromatic rings. The molecule has 0 unspecified atom stereocenters. The average molecular weight is 214 g/mol. The Morgan fingerprint density at radius 1 is 1.31 bits per heavy atom. The molecule has 0 aliphatic heterocycles. The monoisotopic (exact) mass is 214 g/mol. The lowest BCUT2D eigenvalue weighted by Gasteiger charge is -2.00. The number of benzene rings is 1. The van der Waals surface area contributed by atoms with Crippen LogP contribution in [-0.4, -0.2) is 17.1 Å². The summed E-state index contributed by atoms with van der Waals surface area (Å²) in [5.41, 5.74) is 2.28. The van der Waals surface area contributed by atoms with Crippen LogP contribution in [0.4, 0.5) is 0 Å². The second kappa shape index (κ2) is 5.16. The fourth-order valence-electron chi connectivity index (χ4n) is 1.44. The third kappa shape index (κ3) is 2.73. The predicted molar refractivity (Wildman–Crippen MR) is 64.3 cm³/mol. The van der Waals surface area contributed by atoms with Gasteiger partial charge >= 0.3 is 0 Å². The normalized spacial score (nSPS) is 10.8. The lowest BCUT2D eigenvalue weighted by molar-refractivity contribution is 0.414. The number of ether oxygens (including phenoxy) is 1. The fourth-order valence-corrected chi connectivity index (χ4v) is 1.44. The molecule has 0 saturated carbocycles. The van der Waals surface area contributed by atoms with E-state index < -0.39 is 0 Å². The zero-order chi connectivity index (χ0) is 11.2. The van der Waals surface area contributed by atoms with Crippen molar-refractivity contribution in [2.45, 2.75) is 6.42 Å². The zero-order valence-corrected chi connectivity index (χ0v) is 9.18. The lowest BCUT2D eigenvalue weighted by atomic mass is 10.1. The summed E-state index contributed by atoms with van der Waals surface area (Å²) in [4.78, 5) is 6.97. The van der Waals surface area contributed by atoms with Gasteiger partial charge in [0, 0.05) is 0 Å². The van der Waals surface area contributed by atoms with E-state index in [1.165, 1.54) is 5.56 Å². The maximum atomic E-state index is 5.10. The van der Waals surface area contributed by atoms with Gasteiger partial charge in [0.2, 0.25) is 0 Å². The minimum absolute atomic E-state index is 0.890. The largest absolute Gasteiger partial charge is 0.497 e. The van der Waals surface area contributed by atoms with Gasteiger partial charge in [-0.15, -0.1) is 0 Å². The molecule has 0 amide bonds. The average Bonchev–Trinajstić information content (AvgIpc) is 2.83. The second-order valence-electron chi connectivity index (χ2n) is 3.46. The number of nitrogens with zero attached hydrogens (tertiary/aromatic N) is 1. The van der Waals surface area contributed by atoms with Gasteiger partial charge < -0.3 is 9.72 Å². The van der Waals surface area contributed by atoms with Gasteiger partial charge in [-0.2, -0.15) is 0 Å². The van der Waals surface area contributed by atoms with E-state index in [2.05, 4.69) is 28.2 Å². The highest BCUT2D eigenvalue weighted by atomic mass is 16.5. The minimum atomic E-state index is 0.890. The number of hydrogen-bond acceptors (Lipinski definition) is 2. The Morgan fingerprint density at radius 2 is 2.12 bits per heavy atom. The summed E-state index contributed by atoms with van der Waals surface area (Å²) in [5.74, 6) is 0.890. The molecule has 1 aromatic carbocycles. The molecule has 3 nitrogen and oxygen atoms in total. The molecular weight excluding hydrogens is 200 g/mol. The molecule has 82 valence electrons. The highest BCUT2D eigenvalue weighted by Crippen LogP contribution is 2.12. The quantitative estimate of drug-likeness (QED) is 0.849. The molecule has 1 aromatic heterocycles. The number of allylic oxidation sites excluding steroid dienone is 1. The summed E-state index contributed by atoms with van der Waals surface area (Å²) in [6.07, 6.45) is 8.51. The molecule has 0 atom stereocenters. The summed E-state index contributed by atoms with van der Waals surface area (Å²) >= 11 is 0. The fraction of sp³-hybridized carbons (Fsp3) is 0.154. The van der Waals surface area contributed by atoms with Crippen LogP contribution < -0.4 is 4.74 Å². The van der Waals surface area contributed by atoms with E-state index in [0.29, 0.717) is 0 Å². The molecule has 0 spiro atoms. The summed E-state index contributed by atoms with van der Waals surface area (Å²) < 4.78 is 5.10. The Hall–Kier alpha value is -2.03. The summed E-state index contributed by atoms with van der Waals surface area (Å²) in [6.45, 7) is 0. The van der Waals surface area contributed by atoms with E-state index in [1.54, 1.807) is 19.6 Å². The Kier molecular flexibility index (Phi) is 3.38. The van der Waals surface area contributed by atoms with Gasteiger partial charge in [-0.25, -0.2) is 4.98 Å². The molecular formula is C13H14N2O. The van der Waals surface area contributed by atoms with Crippen molar-refractivity contribution in [3.8, 4) is 5.75 Å². The number of nitrogens with one attached hydrogen (secondary N) is 1. The van der Waals surface area contributed by atoms with Crippen LogP contribution in [0.2, 0.25) is 0 Å². The lowest BCUT2D eigenvalue weighted by Crippen LogP contribution is -1.84. The molecule has 16 heavy (non-hydrogen) atoms. The number of imidazole rings is 1. The molecule has 1 N–H and O–H groups in total. The van der Waals surface area contributed by atoms with E-state index in [4.69, 9.17) is 4.74 Å². The van der Waals surface area contributed by atoms with Gasteiger partial charge in [0.15, 0.2) is 0 Å². The number of aromatic amines is 1. The molecule has 0 saturated heterocycles. The summed E-state index contributed by atoms with van der Waals surface area (Å²) in [6, 6.07) is 8.07. The van der Waals surface area contributed by atoms with Crippen molar-refractivity contribution in [2.75, 3.05) is 7.11 Å². The van der Waals surface area contributed by atoms with Gasteiger partial charge in [0.25, 0.3) is 0 Å². The van der Waals surface area contributed by atoms with Crippen molar-refractivity contribution < 1.29 is 4.74 Å². The number of aromatic nitrogens is 2. The van der Waals surface area contributed by atoms with Crippen LogP contribution in [0.15, 0.2) is 42.9 Å². The number of hydrogen-bond donors (Lipinski definition) is 1. The van der Waals surface area contributed by atoms with Crippen LogP contribution in [-0.2, 0) is 6.42 Å². The third-order valence-corrected chi connectivity index (χ3v) is 2.33. The van der Waals surface area contributed by atoms with E-state index >= 15 is 0 Å². The molecule has 3 heteroatoms. The molecule has 0 fully saturated rings. The molecule has 2 rings (SSSR count). The Balaban J connectivity index is 1.94. The maximum absolute atomic E-state index is 5.10. The van der Waals surface area contributed by atoms with Gasteiger partial charge in [-0.1, -0.05) is 18.2 Å². The van der Waals surface area contributed by atoms with Crippen LogP contribution in [0.25, 0.3) is 6.08 Å². The van der Waals surface area contributed by atoms with E-state index in [9.17, 15) is 0 Å². The first-order chi connectivity index (χ1) is 7.88. The van der Waals surface area contributed by atoms with Crippen molar-refractivity contribution in [2.24, 2.45) is 0 Å². The van der Waals surface area contributed by atoms with Crippen molar-refractivity contribution in [3.05, 3.63) is 54.1 Å². The van der Waals surface area contributed by atoms with Gasteiger partial charge in [0.05, 0.1) is 25.3 Å². The second-order valence-corrected chi connectivity index (χ2v) is 3.46. The summed E-state index contributed by atoms with van der Waals surface area (Å²) in [5, 5.41) is 0. The van der Waals surface area contributed by atoms with Crippen LogP contribution in [0.3, 0.4) is 0 Å². The minimum Gasteiger partial charge on any atom is -0.497 e. The van der Waals surface area contributed by atoms with Crippen molar-refractivity contribution in [3.63, 3.8) is 0 Å². The highest BCUT2D eigenvalue weighted by Gasteiger charge is 1.92. The third-order valence-electron chi connectivity index (χ3n) is 2.33. The van der Waals surface area contributed by atoms with Crippen LogP contribution in [0, 0.1) is 0 Å². The van der Waals surface area contributed by atoms with Gasteiger partial charge in [-0.3, -0.25) is 0 Å².